The zero-order valence-corrected chi connectivity index (χ0v) is 15.3. The monoisotopic (exact) mass is 359 g/mol. The van der Waals surface area contributed by atoms with Crippen molar-refractivity contribution in [2.45, 2.75) is 31.6 Å². The van der Waals surface area contributed by atoms with Gasteiger partial charge in [0.1, 0.15) is 5.60 Å². The van der Waals surface area contributed by atoms with Gasteiger partial charge in [0.2, 0.25) is 0 Å². The van der Waals surface area contributed by atoms with Crippen molar-refractivity contribution >= 4 is 35.4 Å². The Labute approximate surface area is 146 Å². The fourth-order valence-corrected chi connectivity index (χ4v) is 3.09. The molecule has 0 radical (unpaired) electrons. The number of rotatable bonds is 6. The fourth-order valence-electron chi connectivity index (χ4n) is 1.71. The first-order chi connectivity index (χ1) is 10.7. The van der Waals surface area contributed by atoms with Gasteiger partial charge in [0.15, 0.2) is 0 Å². The van der Waals surface area contributed by atoms with Crippen LogP contribution in [0, 0.1) is 0 Å². The summed E-state index contributed by atoms with van der Waals surface area (Å²) < 4.78 is 9.87. The van der Waals surface area contributed by atoms with Gasteiger partial charge in [-0.3, -0.25) is 4.79 Å². The van der Waals surface area contributed by atoms with Gasteiger partial charge in [-0.1, -0.05) is 29.8 Å². The van der Waals surface area contributed by atoms with Gasteiger partial charge in [0.25, 0.3) is 0 Å². The number of hydrogen-bond donors (Lipinski definition) is 1. The number of methoxy groups -OCH3 is 1. The lowest BCUT2D eigenvalue weighted by Crippen LogP contribution is -2.34. The van der Waals surface area contributed by atoms with Crippen molar-refractivity contribution in [3.63, 3.8) is 0 Å². The summed E-state index contributed by atoms with van der Waals surface area (Å²) in [6.45, 7) is 5.68. The third-order valence-corrected chi connectivity index (χ3v) is 4.28. The second-order valence-electron chi connectivity index (χ2n) is 5.78. The molecule has 0 bridgehead atoms. The molecule has 1 atom stereocenters. The van der Waals surface area contributed by atoms with Crippen LogP contribution in [0.5, 0.6) is 0 Å². The Morgan fingerprint density at radius 2 is 1.96 bits per heavy atom. The number of halogens is 1. The molecule has 5 nitrogen and oxygen atoms in total. The topological polar surface area (TPSA) is 64.6 Å². The smallest absolute Gasteiger partial charge is 0.407 e. The zero-order chi connectivity index (χ0) is 17.5. The van der Waals surface area contributed by atoms with E-state index in [1.807, 2.05) is 18.2 Å². The van der Waals surface area contributed by atoms with Gasteiger partial charge in [-0.05, 0) is 32.4 Å². The molecule has 1 unspecified atom stereocenters. The third kappa shape index (κ3) is 7.61. The summed E-state index contributed by atoms with van der Waals surface area (Å²) in [6, 6.07) is 7.33. The molecule has 1 aromatic rings. The summed E-state index contributed by atoms with van der Waals surface area (Å²) in [5, 5.41) is 3.11. The first kappa shape index (κ1) is 19.6. The number of carbonyl (C=O) groups excluding carboxylic acids is 2. The zero-order valence-electron chi connectivity index (χ0n) is 13.7. The molecule has 128 valence electrons. The highest BCUT2D eigenvalue weighted by molar-refractivity contribution is 8.00. The molecule has 1 amide bonds. The van der Waals surface area contributed by atoms with Crippen molar-refractivity contribution in [3.8, 4) is 0 Å². The second kappa shape index (κ2) is 9.03. The van der Waals surface area contributed by atoms with Crippen molar-refractivity contribution in [3.05, 3.63) is 34.9 Å². The van der Waals surface area contributed by atoms with Crippen LogP contribution in [0.15, 0.2) is 24.3 Å². The number of hydrogen-bond acceptors (Lipinski definition) is 5. The minimum Gasteiger partial charge on any atom is -0.468 e. The first-order valence-electron chi connectivity index (χ1n) is 7.12. The van der Waals surface area contributed by atoms with Crippen LogP contribution in [0.3, 0.4) is 0 Å². The summed E-state index contributed by atoms with van der Waals surface area (Å²) in [7, 11) is 1.34. The number of ether oxygens (including phenoxy) is 2. The Bertz CT molecular complexity index is 545. The number of carbonyl (C=O) groups is 2. The Hall–Kier alpha value is -1.40. The summed E-state index contributed by atoms with van der Waals surface area (Å²) >= 11 is 7.57. The Morgan fingerprint density at radius 3 is 2.52 bits per heavy atom. The van der Waals surface area contributed by atoms with Gasteiger partial charge >= 0.3 is 12.1 Å². The molecule has 0 saturated carbocycles. The maximum atomic E-state index is 11.8. The first-order valence-corrected chi connectivity index (χ1v) is 8.55. The molecule has 0 aliphatic carbocycles. The van der Waals surface area contributed by atoms with E-state index >= 15 is 0 Å². The summed E-state index contributed by atoms with van der Waals surface area (Å²) in [4.78, 5) is 23.2. The van der Waals surface area contributed by atoms with E-state index in [4.69, 9.17) is 16.3 Å². The van der Waals surface area contributed by atoms with Gasteiger partial charge in [-0.25, -0.2) is 4.79 Å². The largest absolute Gasteiger partial charge is 0.468 e. The van der Waals surface area contributed by atoms with Crippen LogP contribution >= 0.6 is 23.4 Å². The fraction of sp³-hybridized carbons (Fsp3) is 0.500. The summed E-state index contributed by atoms with van der Waals surface area (Å²) in [6.07, 6.45) is -0.506. The van der Waals surface area contributed by atoms with Crippen LogP contribution in [-0.4, -0.2) is 37.1 Å². The van der Waals surface area contributed by atoms with E-state index in [1.54, 1.807) is 26.8 Å². The van der Waals surface area contributed by atoms with Crippen molar-refractivity contribution in [2.24, 2.45) is 0 Å². The lowest BCUT2D eigenvalue weighted by atomic mass is 10.1. The van der Waals surface area contributed by atoms with Crippen molar-refractivity contribution in [1.29, 1.82) is 0 Å². The highest BCUT2D eigenvalue weighted by Crippen LogP contribution is 2.33. The van der Waals surface area contributed by atoms with Crippen molar-refractivity contribution in [1.82, 2.24) is 5.32 Å². The van der Waals surface area contributed by atoms with Crippen LogP contribution in [0.2, 0.25) is 5.02 Å². The highest BCUT2D eigenvalue weighted by atomic mass is 35.5. The van der Waals surface area contributed by atoms with E-state index in [2.05, 4.69) is 10.1 Å². The Kier molecular flexibility index (Phi) is 7.72. The minimum absolute atomic E-state index is 0.169. The highest BCUT2D eigenvalue weighted by Gasteiger charge is 2.20. The number of nitrogens with one attached hydrogen (secondary N) is 1. The molecule has 0 saturated heterocycles. The molecule has 0 aliphatic rings. The molecule has 1 rings (SSSR count). The van der Waals surface area contributed by atoms with Crippen LogP contribution in [-0.2, 0) is 14.3 Å². The quantitative estimate of drug-likeness (QED) is 0.782. The Balaban J connectivity index is 2.74. The minimum atomic E-state index is -0.566. The molecular weight excluding hydrogens is 338 g/mol. The van der Waals surface area contributed by atoms with E-state index in [0.717, 1.165) is 5.56 Å². The average molecular weight is 360 g/mol. The molecule has 23 heavy (non-hydrogen) atoms. The van der Waals surface area contributed by atoms with Gasteiger partial charge in [0.05, 0.1) is 12.9 Å². The van der Waals surface area contributed by atoms with Gasteiger partial charge in [-0.15, -0.1) is 11.8 Å². The maximum Gasteiger partial charge on any atom is 0.407 e. The Morgan fingerprint density at radius 1 is 1.30 bits per heavy atom. The van der Waals surface area contributed by atoms with Gasteiger partial charge < -0.3 is 14.8 Å². The SMILES string of the molecule is COC(=O)CSC(CNC(=O)OC(C)(C)C)c1ccccc1Cl. The van der Waals surface area contributed by atoms with Crippen LogP contribution in [0.1, 0.15) is 31.6 Å². The summed E-state index contributed by atoms with van der Waals surface area (Å²) in [5.41, 5.74) is 0.280. The molecule has 0 heterocycles. The molecule has 0 aliphatic heterocycles. The lowest BCUT2D eigenvalue weighted by Gasteiger charge is -2.22. The van der Waals surface area contributed by atoms with E-state index in [9.17, 15) is 9.59 Å². The predicted molar refractivity (Wildman–Crippen MR) is 92.9 cm³/mol. The lowest BCUT2D eigenvalue weighted by molar-refractivity contribution is -0.137. The molecule has 0 fully saturated rings. The number of amides is 1. The maximum absolute atomic E-state index is 11.8. The normalized spacial score (nSPS) is 12.4. The molecule has 7 heteroatoms. The average Bonchev–Trinajstić information content (AvgIpc) is 2.46. The molecular formula is C16H22ClNO4S. The van der Waals surface area contributed by atoms with E-state index < -0.39 is 11.7 Å². The van der Waals surface area contributed by atoms with Crippen molar-refractivity contribution in [2.75, 3.05) is 19.4 Å². The van der Waals surface area contributed by atoms with Gasteiger partial charge in [-0.2, -0.15) is 0 Å². The number of benzene rings is 1. The second-order valence-corrected chi connectivity index (χ2v) is 7.38. The van der Waals surface area contributed by atoms with Crippen LogP contribution in [0.4, 0.5) is 4.79 Å². The van der Waals surface area contributed by atoms with Crippen LogP contribution in [0.25, 0.3) is 0 Å². The molecule has 0 spiro atoms. The number of alkyl carbamates (subject to hydrolysis) is 1. The third-order valence-electron chi connectivity index (χ3n) is 2.71. The van der Waals surface area contributed by atoms with Crippen LogP contribution < -0.4 is 5.32 Å². The number of esters is 1. The van der Waals surface area contributed by atoms with E-state index in [0.29, 0.717) is 11.6 Å². The predicted octanol–water partition coefficient (Wildman–Crippen LogP) is 3.81. The molecule has 0 aromatic heterocycles. The molecule has 1 N–H and O–H groups in total. The van der Waals surface area contributed by atoms with E-state index in [-0.39, 0.29) is 17.0 Å². The summed E-state index contributed by atoms with van der Waals surface area (Å²) in [5.74, 6) is -0.160. The number of thioether (sulfide) groups is 1. The van der Waals surface area contributed by atoms with Crippen molar-refractivity contribution < 1.29 is 19.1 Å². The molecule has 1 aromatic carbocycles. The van der Waals surface area contributed by atoms with E-state index in [1.165, 1.54) is 18.9 Å². The standard InChI is InChI=1S/C16H22ClNO4S/c1-16(2,3)22-15(20)18-9-13(23-10-14(19)21-4)11-7-5-6-8-12(11)17/h5-8,13H,9-10H2,1-4H3,(H,18,20). The van der Waals surface area contributed by atoms with Gasteiger partial charge in [0, 0.05) is 16.8 Å².